The van der Waals surface area contributed by atoms with Gasteiger partial charge < -0.3 is 15.0 Å². The molecule has 0 aromatic heterocycles. The fourth-order valence-electron chi connectivity index (χ4n) is 5.27. The Morgan fingerprint density at radius 1 is 1.11 bits per heavy atom. The number of carbonyl (C=O) groups excluding carboxylic acids is 2. The maximum atomic E-state index is 12.6. The third-order valence-corrected chi connectivity index (χ3v) is 6.65. The Morgan fingerprint density at radius 2 is 1.82 bits per heavy atom. The summed E-state index contributed by atoms with van der Waals surface area (Å²) in [5.41, 5.74) is 1.78. The number of hydrogen-bond donors (Lipinski definition) is 1. The number of amides is 2. The van der Waals surface area contributed by atoms with E-state index in [-0.39, 0.29) is 18.0 Å². The summed E-state index contributed by atoms with van der Waals surface area (Å²) in [5.74, 6) is 0.0298. The topological polar surface area (TPSA) is 61.9 Å². The van der Waals surface area contributed by atoms with Gasteiger partial charge in [-0.15, -0.1) is 0 Å². The van der Waals surface area contributed by atoms with E-state index < -0.39 is 0 Å². The van der Waals surface area contributed by atoms with Crippen LogP contribution in [0.5, 0.6) is 0 Å². The predicted molar refractivity (Wildman–Crippen MR) is 107 cm³/mol. The fraction of sp³-hybridized carbons (Fsp3) is 0.636. The Kier molecular flexibility index (Phi) is 5.58. The van der Waals surface area contributed by atoms with Crippen molar-refractivity contribution in [1.29, 1.82) is 0 Å². The Bertz CT molecular complexity index is 723. The molecular formula is C22H31N3O3. The van der Waals surface area contributed by atoms with Crippen molar-refractivity contribution in [3.8, 4) is 0 Å². The van der Waals surface area contributed by atoms with Gasteiger partial charge in [0.2, 0.25) is 0 Å². The number of rotatable bonds is 4. The predicted octanol–water partition coefficient (Wildman–Crippen LogP) is 2.95. The zero-order valence-electron chi connectivity index (χ0n) is 16.9. The molecule has 4 rings (SSSR count). The summed E-state index contributed by atoms with van der Waals surface area (Å²) >= 11 is 0. The minimum atomic E-state index is -0.141. The van der Waals surface area contributed by atoms with Crippen LogP contribution in [0.25, 0.3) is 0 Å². The van der Waals surface area contributed by atoms with E-state index in [0.717, 1.165) is 56.3 Å². The lowest BCUT2D eigenvalue weighted by atomic mass is 9.96. The van der Waals surface area contributed by atoms with Crippen molar-refractivity contribution < 1.29 is 14.3 Å². The van der Waals surface area contributed by atoms with Crippen molar-refractivity contribution in [3.05, 3.63) is 35.4 Å². The van der Waals surface area contributed by atoms with Gasteiger partial charge in [-0.1, -0.05) is 18.2 Å². The first-order chi connectivity index (χ1) is 13.6. The number of nitrogens with zero attached hydrogens (tertiary/aromatic N) is 2. The van der Waals surface area contributed by atoms with Crippen molar-refractivity contribution in [3.63, 3.8) is 0 Å². The molecule has 152 valence electrons. The van der Waals surface area contributed by atoms with E-state index in [9.17, 15) is 9.59 Å². The first-order valence-corrected chi connectivity index (χ1v) is 10.6. The third kappa shape index (κ3) is 3.75. The van der Waals surface area contributed by atoms with Crippen molar-refractivity contribution >= 4 is 12.0 Å². The lowest BCUT2D eigenvalue weighted by Gasteiger charge is -2.41. The van der Waals surface area contributed by atoms with E-state index in [4.69, 9.17) is 4.74 Å². The lowest BCUT2D eigenvalue weighted by Crippen LogP contribution is -2.52. The number of fused-ring (bicyclic) bond motifs is 2. The molecule has 3 aliphatic heterocycles. The second-order valence-electron chi connectivity index (χ2n) is 8.39. The average molecular weight is 386 g/mol. The number of benzene rings is 1. The molecule has 0 radical (unpaired) electrons. The molecule has 0 aliphatic carbocycles. The highest BCUT2D eigenvalue weighted by atomic mass is 16.6. The number of nitrogens with one attached hydrogen (secondary N) is 1. The highest BCUT2D eigenvalue weighted by Crippen LogP contribution is 2.38. The van der Waals surface area contributed by atoms with E-state index in [1.54, 1.807) is 0 Å². The van der Waals surface area contributed by atoms with Crippen LogP contribution in [0.4, 0.5) is 4.79 Å². The first-order valence-electron chi connectivity index (χ1n) is 10.6. The van der Waals surface area contributed by atoms with Crippen LogP contribution in [0.3, 0.4) is 0 Å². The number of aryl methyl sites for hydroxylation is 1. The SMILES string of the molecule is CCOC(=O)N1C2CCC1CC(N1CC[C@@H](NC(=O)c3ccccc3C)C1)C2. The molecule has 3 atom stereocenters. The number of carbonyl (C=O) groups is 2. The molecule has 2 bridgehead atoms. The van der Waals surface area contributed by atoms with Crippen molar-refractivity contribution in [2.24, 2.45) is 0 Å². The van der Waals surface area contributed by atoms with Gasteiger partial charge in [-0.05, 0) is 57.6 Å². The number of ether oxygens (including phenoxy) is 1. The van der Waals surface area contributed by atoms with Gasteiger partial charge in [-0.2, -0.15) is 0 Å². The highest BCUT2D eigenvalue weighted by Gasteiger charge is 2.46. The van der Waals surface area contributed by atoms with Gasteiger partial charge in [0.15, 0.2) is 0 Å². The van der Waals surface area contributed by atoms with Crippen LogP contribution in [-0.4, -0.2) is 65.7 Å². The van der Waals surface area contributed by atoms with Crippen LogP contribution in [0, 0.1) is 6.92 Å². The minimum absolute atomic E-state index is 0.0298. The molecule has 3 heterocycles. The molecule has 0 spiro atoms. The highest BCUT2D eigenvalue weighted by molar-refractivity contribution is 5.95. The fourth-order valence-corrected chi connectivity index (χ4v) is 5.27. The van der Waals surface area contributed by atoms with Crippen LogP contribution in [-0.2, 0) is 4.74 Å². The van der Waals surface area contributed by atoms with E-state index in [1.165, 1.54) is 0 Å². The number of likely N-dealkylation sites (tertiary alicyclic amines) is 1. The van der Waals surface area contributed by atoms with Gasteiger partial charge >= 0.3 is 6.09 Å². The molecule has 2 amide bonds. The van der Waals surface area contributed by atoms with Gasteiger partial charge in [-0.25, -0.2) is 4.79 Å². The maximum absolute atomic E-state index is 12.6. The molecule has 3 aliphatic rings. The molecule has 6 nitrogen and oxygen atoms in total. The van der Waals surface area contributed by atoms with Crippen LogP contribution in [0.15, 0.2) is 24.3 Å². The summed E-state index contributed by atoms with van der Waals surface area (Å²) in [4.78, 5) is 29.4. The number of hydrogen-bond acceptors (Lipinski definition) is 4. The van der Waals surface area contributed by atoms with Crippen LogP contribution in [0.2, 0.25) is 0 Å². The van der Waals surface area contributed by atoms with Gasteiger partial charge in [0.05, 0.1) is 6.61 Å². The Labute approximate surface area is 167 Å². The van der Waals surface area contributed by atoms with E-state index in [0.29, 0.717) is 24.7 Å². The van der Waals surface area contributed by atoms with Gasteiger partial charge in [0.25, 0.3) is 5.91 Å². The molecule has 6 heteroatoms. The summed E-state index contributed by atoms with van der Waals surface area (Å²) in [6, 6.07) is 9.06. The van der Waals surface area contributed by atoms with Gasteiger partial charge in [0, 0.05) is 42.8 Å². The standard InChI is InChI=1S/C22H31N3O3/c1-3-28-22(27)25-17-8-9-18(25)13-19(12-17)24-11-10-16(14-24)23-21(26)20-7-5-4-6-15(20)2/h4-7,16-19H,3,8-14H2,1-2H3,(H,23,26)/t16-,17?,18?,19?/m1/s1. The summed E-state index contributed by atoms with van der Waals surface area (Å²) in [5, 5.41) is 3.22. The Balaban J connectivity index is 1.32. The zero-order chi connectivity index (χ0) is 19.7. The van der Waals surface area contributed by atoms with Crippen molar-refractivity contribution in [2.75, 3.05) is 19.7 Å². The van der Waals surface area contributed by atoms with Crippen LogP contribution in [0.1, 0.15) is 54.9 Å². The number of piperidine rings is 1. The normalized spacial score (nSPS) is 29.7. The Hall–Kier alpha value is -2.08. The lowest BCUT2D eigenvalue weighted by molar-refractivity contribution is 0.0462. The summed E-state index contributed by atoms with van der Waals surface area (Å²) < 4.78 is 5.26. The van der Waals surface area contributed by atoms with E-state index in [1.807, 2.05) is 43.0 Å². The summed E-state index contributed by atoms with van der Waals surface area (Å²) in [7, 11) is 0. The molecule has 1 aromatic carbocycles. The quantitative estimate of drug-likeness (QED) is 0.866. The van der Waals surface area contributed by atoms with Crippen LogP contribution >= 0.6 is 0 Å². The molecule has 1 aromatic rings. The average Bonchev–Trinajstić information content (AvgIpc) is 3.24. The zero-order valence-corrected chi connectivity index (χ0v) is 16.9. The molecule has 3 saturated heterocycles. The third-order valence-electron chi connectivity index (χ3n) is 6.65. The van der Waals surface area contributed by atoms with E-state index in [2.05, 4.69) is 10.2 Å². The van der Waals surface area contributed by atoms with Gasteiger partial charge in [-0.3, -0.25) is 9.69 Å². The second kappa shape index (κ2) is 8.11. The van der Waals surface area contributed by atoms with Crippen molar-refractivity contribution in [2.45, 2.75) is 70.1 Å². The summed E-state index contributed by atoms with van der Waals surface area (Å²) in [6.45, 7) is 6.20. The first kappa shape index (κ1) is 19.2. The summed E-state index contributed by atoms with van der Waals surface area (Å²) in [6.07, 6.45) is 5.06. The molecule has 3 fully saturated rings. The van der Waals surface area contributed by atoms with Gasteiger partial charge in [0.1, 0.15) is 0 Å². The smallest absolute Gasteiger partial charge is 0.410 e. The molecule has 0 saturated carbocycles. The minimum Gasteiger partial charge on any atom is -0.450 e. The molecule has 2 unspecified atom stereocenters. The maximum Gasteiger partial charge on any atom is 0.410 e. The molecular weight excluding hydrogens is 354 g/mol. The molecule has 1 N–H and O–H groups in total. The van der Waals surface area contributed by atoms with Crippen molar-refractivity contribution in [1.82, 2.24) is 15.1 Å². The van der Waals surface area contributed by atoms with E-state index >= 15 is 0 Å². The molecule has 28 heavy (non-hydrogen) atoms. The Morgan fingerprint density at radius 3 is 2.50 bits per heavy atom. The largest absolute Gasteiger partial charge is 0.450 e. The van der Waals surface area contributed by atoms with Crippen LogP contribution < -0.4 is 5.32 Å². The monoisotopic (exact) mass is 385 g/mol. The second-order valence-corrected chi connectivity index (χ2v) is 8.39.